The third-order valence-electron chi connectivity index (χ3n) is 2.82. The first-order valence-corrected chi connectivity index (χ1v) is 7.51. The van der Waals surface area contributed by atoms with E-state index in [1.54, 1.807) is 6.08 Å². The van der Waals surface area contributed by atoms with Gasteiger partial charge in [0.15, 0.2) is 9.84 Å². The fourth-order valence-electron chi connectivity index (χ4n) is 1.81. The van der Waals surface area contributed by atoms with Crippen LogP contribution < -0.4 is 5.32 Å². The van der Waals surface area contributed by atoms with Gasteiger partial charge in [-0.1, -0.05) is 13.0 Å². The highest BCUT2D eigenvalue weighted by atomic mass is 32.2. The Labute approximate surface area is 102 Å². The van der Waals surface area contributed by atoms with Crippen molar-refractivity contribution in [3.05, 3.63) is 11.6 Å². The standard InChI is InChI=1S/C11H19NO4S/c1-3-9(11(13)16-2)4-6-12-10-5-7-17(14,15)8-10/h4,10,12H,3,5-8H2,1-2H3. The molecule has 1 aliphatic rings. The molecule has 0 aromatic heterocycles. The van der Waals surface area contributed by atoms with Gasteiger partial charge in [0.2, 0.25) is 0 Å². The van der Waals surface area contributed by atoms with Crippen LogP contribution in [-0.2, 0) is 19.4 Å². The van der Waals surface area contributed by atoms with Crippen LogP contribution in [0.1, 0.15) is 19.8 Å². The van der Waals surface area contributed by atoms with Gasteiger partial charge in [0, 0.05) is 18.2 Å². The summed E-state index contributed by atoms with van der Waals surface area (Å²) in [4.78, 5) is 11.3. The number of sulfone groups is 1. The van der Waals surface area contributed by atoms with Crippen LogP contribution >= 0.6 is 0 Å². The summed E-state index contributed by atoms with van der Waals surface area (Å²) >= 11 is 0. The van der Waals surface area contributed by atoms with Crippen LogP contribution in [0.5, 0.6) is 0 Å². The molecule has 1 N–H and O–H groups in total. The third-order valence-corrected chi connectivity index (χ3v) is 4.58. The van der Waals surface area contributed by atoms with Gasteiger partial charge in [-0.2, -0.15) is 0 Å². The molecule has 1 unspecified atom stereocenters. The average molecular weight is 261 g/mol. The van der Waals surface area contributed by atoms with E-state index in [0.717, 1.165) is 0 Å². The lowest BCUT2D eigenvalue weighted by molar-refractivity contribution is -0.136. The molecule has 1 heterocycles. The summed E-state index contributed by atoms with van der Waals surface area (Å²) in [7, 11) is -1.50. The van der Waals surface area contributed by atoms with E-state index in [9.17, 15) is 13.2 Å². The van der Waals surface area contributed by atoms with Crippen molar-refractivity contribution in [3.8, 4) is 0 Å². The Morgan fingerprint density at radius 1 is 1.53 bits per heavy atom. The number of hydrogen-bond donors (Lipinski definition) is 1. The van der Waals surface area contributed by atoms with E-state index < -0.39 is 9.84 Å². The highest BCUT2D eigenvalue weighted by Crippen LogP contribution is 2.11. The van der Waals surface area contributed by atoms with Crippen molar-refractivity contribution in [3.63, 3.8) is 0 Å². The van der Waals surface area contributed by atoms with Gasteiger partial charge in [0.1, 0.15) is 0 Å². The van der Waals surface area contributed by atoms with Crippen LogP contribution in [0.3, 0.4) is 0 Å². The molecule has 98 valence electrons. The minimum absolute atomic E-state index is 0.00648. The number of carbonyl (C=O) groups is 1. The maximum absolute atomic E-state index is 11.3. The molecule has 0 aliphatic carbocycles. The van der Waals surface area contributed by atoms with E-state index in [1.807, 2.05) is 6.92 Å². The zero-order chi connectivity index (χ0) is 12.9. The zero-order valence-corrected chi connectivity index (χ0v) is 11.0. The summed E-state index contributed by atoms with van der Waals surface area (Å²) in [6.45, 7) is 2.38. The first-order valence-electron chi connectivity index (χ1n) is 5.69. The molecular weight excluding hydrogens is 242 g/mol. The third kappa shape index (κ3) is 4.47. The van der Waals surface area contributed by atoms with Gasteiger partial charge in [0.05, 0.1) is 18.6 Å². The van der Waals surface area contributed by atoms with Gasteiger partial charge in [0.25, 0.3) is 0 Å². The molecule has 17 heavy (non-hydrogen) atoms. The molecule has 1 rings (SSSR count). The molecule has 1 fully saturated rings. The summed E-state index contributed by atoms with van der Waals surface area (Å²) in [5.41, 5.74) is 0.612. The van der Waals surface area contributed by atoms with Gasteiger partial charge in [-0.25, -0.2) is 13.2 Å². The van der Waals surface area contributed by atoms with Gasteiger partial charge >= 0.3 is 5.97 Å². The minimum Gasteiger partial charge on any atom is -0.466 e. The maximum Gasteiger partial charge on any atom is 0.333 e. The van der Waals surface area contributed by atoms with Crippen LogP contribution in [0.2, 0.25) is 0 Å². The van der Waals surface area contributed by atoms with Crippen LogP contribution in [0.25, 0.3) is 0 Å². The van der Waals surface area contributed by atoms with Crippen LogP contribution in [0.4, 0.5) is 0 Å². The number of esters is 1. The number of hydrogen-bond acceptors (Lipinski definition) is 5. The van der Waals surface area contributed by atoms with E-state index in [2.05, 4.69) is 10.1 Å². The van der Waals surface area contributed by atoms with E-state index in [4.69, 9.17) is 0 Å². The first-order chi connectivity index (χ1) is 7.98. The normalized spacial score (nSPS) is 23.6. The zero-order valence-electron chi connectivity index (χ0n) is 10.2. The Bertz CT molecular complexity index is 400. The van der Waals surface area contributed by atoms with Crippen LogP contribution in [-0.4, -0.2) is 45.6 Å². The average Bonchev–Trinajstić information content (AvgIpc) is 2.63. The molecule has 1 atom stereocenters. The number of carbonyl (C=O) groups excluding carboxylic acids is 1. The highest BCUT2D eigenvalue weighted by molar-refractivity contribution is 7.91. The lowest BCUT2D eigenvalue weighted by atomic mass is 10.2. The maximum atomic E-state index is 11.3. The van der Waals surface area contributed by atoms with E-state index in [1.165, 1.54) is 7.11 Å². The lowest BCUT2D eigenvalue weighted by Crippen LogP contribution is -2.30. The molecule has 5 nitrogen and oxygen atoms in total. The van der Waals surface area contributed by atoms with E-state index >= 15 is 0 Å². The Hall–Kier alpha value is -0.880. The number of rotatable bonds is 5. The van der Waals surface area contributed by atoms with Gasteiger partial charge in [-0.05, 0) is 12.8 Å². The molecule has 1 aliphatic heterocycles. The minimum atomic E-state index is -2.85. The Morgan fingerprint density at radius 2 is 2.24 bits per heavy atom. The fourth-order valence-corrected chi connectivity index (χ4v) is 3.52. The number of methoxy groups -OCH3 is 1. The lowest BCUT2D eigenvalue weighted by Gasteiger charge is -2.09. The van der Waals surface area contributed by atoms with Crippen LogP contribution in [0.15, 0.2) is 11.6 Å². The SMILES string of the molecule is CCC(=CCNC1CCS(=O)(=O)C1)C(=O)OC. The van der Waals surface area contributed by atoms with Crippen molar-refractivity contribution < 1.29 is 17.9 Å². The molecule has 0 saturated carbocycles. The van der Waals surface area contributed by atoms with E-state index in [0.29, 0.717) is 25.0 Å². The van der Waals surface area contributed by atoms with Gasteiger partial charge in [-0.3, -0.25) is 0 Å². The van der Waals surface area contributed by atoms with E-state index in [-0.39, 0.29) is 23.5 Å². The second-order valence-corrected chi connectivity index (χ2v) is 6.31. The molecule has 0 amide bonds. The summed E-state index contributed by atoms with van der Waals surface area (Å²) < 4.78 is 27.1. The van der Waals surface area contributed by atoms with Gasteiger partial charge in [-0.15, -0.1) is 0 Å². The van der Waals surface area contributed by atoms with Crippen molar-refractivity contribution in [2.75, 3.05) is 25.2 Å². The molecular formula is C11H19NO4S. The molecule has 0 bridgehead atoms. The smallest absolute Gasteiger partial charge is 0.333 e. The summed E-state index contributed by atoms with van der Waals surface area (Å²) in [5, 5.41) is 3.12. The van der Waals surface area contributed by atoms with Crippen molar-refractivity contribution in [1.29, 1.82) is 0 Å². The summed E-state index contributed by atoms with van der Waals surface area (Å²) in [6.07, 6.45) is 3.02. The fraction of sp³-hybridized carbons (Fsp3) is 0.727. The summed E-state index contributed by atoms with van der Waals surface area (Å²) in [6, 6.07) is 0.00648. The Balaban J connectivity index is 2.41. The first kappa shape index (κ1) is 14.2. The molecule has 0 radical (unpaired) electrons. The molecule has 1 saturated heterocycles. The molecule has 6 heteroatoms. The topological polar surface area (TPSA) is 72.5 Å². The highest BCUT2D eigenvalue weighted by Gasteiger charge is 2.26. The van der Waals surface area contributed by atoms with Crippen molar-refractivity contribution >= 4 is 15.8 Å². The monoisotopic (exact) mass is 261 g/mol. The Morgan fingerprint density at radius 3 is 2.71 bits per heavy atom. The molecule has 0 aromatic rings. The number of ether oxygens (including phenoxy) is 1. The van der Waals surface area contributed by atoms with Gasteiger partial charge < -0.3 is 10.1 Å². The number of nitrogens with one attached hydrogen (secondary N) is 1. The van der Waals surface area contributed by atoms with Crippen molar-refractivity contribution in [1.82, 2.24) is 5.32 Å². The summed E-state index contributed by atoms with van der Waals surface area (Å²) in [5.74, 6) is 0.125. The molecule has 0 spiro atoms. The molecule has 0 aromatic carbocycles. The van der Waals surface area contributed by atoms with Crippen molar-refractivity contribution in [2.45, 2.75) is 25.8 Å². The second-order valence-electron chi connectivity index (χ2n) is 4.08. The predicted molar refractivity (Wildman–Crippen MR) is 65.5 cm³/mol. The second kappa shape index (κ2) is 6.16. The largest absolute Gasteiger partial charge is 0.466 e. The quantitative estimate of drug-likeness (QED) is 0.568. The Kier molecular flexibility index (Phi) is 5.14. The predicted octanol–water partition coefficient (Wildman–Crippen LogP) is 0.272. The van der Waals surface area contributed by atoms with Crippen molar-refractivity contribution in [2.24, 2.45) is 0 Å². The van der Waals surface area contributed by atoms with Crippen LogP contribution in [0, 0.1) is 0 Å².